The monoisotopic (exact) mass is 240 g/mol. The SMILES string of the molecule is CCC(=O)C(C)Cc1ccc(Cl)cc1OC. The topological polar surface area (TPSA) is 26.3 Å². The van der Waals surface area contributed by atoms with Crippen LogP contribution in [0.4, 0.5) is 0 Å². The lowest BCUT2D eigenvalue weighted by Crippen LogP contribution is -2.12. The zero-order chi connectivity index (χ0) is 12.1. The van der Waals surface area contributed by atoms with Crippen LogP contribution in [0.5, 0.6) is 5.75 Å². The van der Waals surface area contributed by atoms with Crippen molar-refractivity contribution in [2.75, 3.05) is 7.11 Å². The molecule has 0 N–H and O–H groups in total. The molecule has 3 heteroatoms. The zero-order valence-corrected chi connectivity index (χ0v) is 10.7. The second-order valence-electron chi connectivity index (χ2n) is 3.88. The maximum Gasteiger partial charge on any atom is 0.135 e. The van der Waals surface area contributed by atoms with Crippen molar-refractivity contribution in [1.82, 2.24) is 0 Å². The first-order valence-corrected chi connectivity index (χ1v) is 5.81. The van der Waals surface area contributed by atoms with Crippen molar-refractivity contribution in [3.8, 4) is 5.75 Å². The minimum Gasteiger partial charge on any atom is -0.496 e. The lowest BCUT2D eigenvalue weighted by Gasteiger charge is -2.12. The normalized spacial score (nSPS) is 12.2. The molecule has 1 rings (SSSR count). The Morgan fingerprint density at radius 3 is 2.75 bits per heavy atom. The van der Waals surface area contributed by atoms with Crippen LogP contribution in [0.15, 0.2) is 18.2 Å². The molecule has 0 heterocycles. The summed E-state index contributed by atoms with van der Waals surface area (Å²) in [5.74, 6) is 1.06. The number of ketones is 1. The summed E-state index contributed by atoms with van der Waals surface area (Å²) in [6, 6.07) is 5.52. The van der Waals surface area contributed by atoms with E-state index in [9.17, 15) is 4.79 Å². The number of hydrogen-bond acceptors (Lipinski definition) is 2. The van der Waals surface area contributed by atoms with Crippen LogP contribution in [-0.4, -0.2) is 12.9 Å². The standard InChI is InChI=1S/C13H17ClO2/c1-4-12(15)9(2)7-10-5-6-11(14)8-13(10)16-3/h5-6,8-9H,4,7H2,1-3H3. The average molecular weight is 241 g/mol. The number of rotatable bonds is 5. The van der Waals surface area contributed by atoms with E-state index in [2.05, 4.69) is 0 Å². The van der Waals surface area contributed by atoms with E-state index in [-0.39, 0.29) is 11.7 Å². The lowest BCUT2D eigenvalue weighted by molar-refractivity contribution is -0.122. The molecule has 16 heavy (non-hydrogen) atoms. The van der Waals surface area contributed by atoms with Gasteiger partial charge in [-0.05, 0) is 24.1 Å². The molecule has 2 nitrogen and oxygen atoms in total. The van der Waals surface area contributed by atoms with Crippen LogP contribution in [0.2, 0.25) is 5.02 Å². The number of methoxy groups -OCH3 is 1. The summed E-state index contributed by atoms with van der Waals surface area (Å²) in [5, 5.41) is 0.648. The highest BCUT2D eigenvalue weighted by Gasteiger charge is 2.14. The number of carbonyl (C=O) groups excluding carboxylic acids is 1. The fourth-order valence-electron chi connectivity index (χ4n) is 1.68. The van der Waals surface area contributed by atoms with E-state index in [1.807, 2.05) is 26.0 Å². The van der Waals surface area contributed by atoms with Crippen molar-refractivity contribution in [1.29, 1.82) is 0 Å². The minimum absolute atomic E-state index is 0.0278. The predicted octanol–water partition coefficient (Wildman–Crippen LogP) is 3.51. The molecule has 1 atom stereocenters. The molecule has 0 spiro atoms. The molecule has 1 unspecified atom stereocenters. The van der Waals surface area contributed by atoms with Gasteiger partial charge >= 0.3 is 0 Å². The summed E-state index contributed by atoms with van der Waals surface area (Å²) in [4.78, 5) is 11.5. The van der Waals surface area contributed by atoms with E-state index in [1.165, 1.54) is 0 Å². The molecule has 0 aliphatic heterocycles. The molecule has 88 valence electrons. The summed E-state index contributed by atoms with van der Waals surface area (Å²) in [6.07, 6.45) is 1.28. The van der Waals surface area contributed by atoms with Crippen molar-refractivity contribution < 1.29 is 9.53 Å². The van der Waals surface area contributed by atoms with Gasteiger partial charge in [0.25, 0.3) is 0 Å². The Kier molecular flexibility index (Phi) is 4.81. The second kappa shape index (κ2) is 5.90. The quantitative estimate of drug-likeness (QED) is 0.787. The Bertz CT molecular complexity index is 374. The predicted molar refractivity (Wildman–Crippen MR) is 66.2 cm³/mol. The van der Waals surface area contributed by atoms with Gasteiger partial charge in [-0.3, -0.25) is 4.79 Å². The number of hydrogen-bond donors (Lipinski definition) is 0. The van der Waals surface area contributed by atoms with Crippen molar-refractivity contribution in [3.63, 3.8) is 0 Å². The number of carbonyl (C=O) groups is 1. The molecule has 1 aromatic carbocycles. The fourth-order valence-corrected chi connectivity index (χ4v) is 1.84. The van der Waals surface area contributed by atoms with Crippen molar-refractivity contribution in [2.45, 2.75) is 26.7 Å². The van der Waals surface area contributed by atoms with Gasteiger partial charge in [-0.1, -0.05) is 31.5 Å². The van der Waals surface area contributed by atoms with Gasteiger partial charge in [0.2, 0.25) is 0 Å². The summed E-state index contributed by atoms with van der Waals surface area (Å²) >= 11 is 5.88. The summed E-state index contributed by atoms with van der Waals surface area (Å²) in [6.45, 7) is 3.83. The summed E-state index contributed by atoms with van der Waals surface area (Å²) in [7, 11) is 1.61. The van der Waals surface area contributed by atoms with Gasteiger partial charge in [-0.15, -0.1) is 0 Å². The molecule has 0 saturated heterocycles. The minimum atomic E-state index is 0.0278. The lowest BCUT2D eigenvalue weighted by atomic mass is 9.95. The Hall–Kier alpha value is -1.02. The highest BCUT2D eigenvalue weighted by atomic mass is 35.5. The molecular formula is C13H17ClO2. The van der Waals surface area contributed by atoms with Gasteiger partial charge in [0.05, 0.1) is 7.11 Å². The number of benzene rings is 1. The van der Waals surface area contributed by atoms with Gasteiger partial charge < -0.3 is 4.74 Å². The third-order valence-electron chi connectivity index (χ3n) is 2.67. The van der Waals surface area contributed by atoms with Crippen LogP contribution < -0.4 is 4.74 Å². The third kappa shape index (κ3) is 3.24. The van der Waals surface area contributed by atoms with E-state index in [0.717, 1.165) is 11.3 Å². The van der Waals surface area contributed by atoms with Crippen LogP contribution >= 0.6 is 11.6 Å². The second-order valence-corrected chi connectivity index (χ2v) is 4.32. The van der Waals surface area contributed by atoms with Gasteiger partial charge in [0, 0.05) is 17.4 Å². The Morgan fingerprint density at radius 1 is 1.50 bits per heavy atom. The van der Waals surface area contributed by atoms with E-state index < -0.39 is 0 Å². The Balaban J connectivity index is 2.84. The summed E-state index contributed by atoms with van der Waals surface area (Å²) < 4.78 is 5.24. The maximum absolute atomic E-state index is 11.5. The molecule has 0 amide bonds. The van der Waals surface area contributed by atoms with Gasteiger partial charge in [-0.2, -0.15) is 0 Å². The van der Waals surface area contributed by atoms with Gasteiger partial charge in [-0.25, -0.2) is 0 Å². The smallest absolute Gasteiger partial charge is 0.135 e. The van der Waals surface area contributed by atoms with Crippen LogP contribution in [0.3, 0.4) is 0 Å². The summed E-state index contributed by atoms with van der Waals surface area (Å²) in [5.41, 5.74) is 1.03. The Labute approximate surface area is 102 Å². The van der Waals surface area contributed by atoms with Crippen LogP contribution in [0.1, 0.15) is 25.8 Å². The van der Waals surface area contributed by atoms with Gasteiger partial charge in [0.1, 0.15) is 11.5 Å². The number of ether oxygens (including phenoxy) is 1. The van der Waals surface area contributed by atoms with Gasteiger partial charge in [0.15, 0.2) is 0 Å². The molecule has 0 aliphatic rings. The average Bonchev–Trinajstić information content (AvgIpc) is 2.30. The number of Topliss-reactive ketones (excluding diaryl/α,β-unsaturated/α-hetero) is 1. The highest BCUT2D eigenvalue weighted by Crippen LogP contribution is 2.25. The molecule has 0 bridgehead atoms. The van der Waals surface area contributed by atoms with E-state index in [1.54, 1.807) is 13.2 Å². The van der Waals surface area contributed by atoms with Crippen molar-refractivity contribution in [3.05, 3.63) is 28.8 Å². The van der Waals surface area contributed by atoms with Crippen LogP contribution in [-0.2, 0) is 11.2 Å². The largest absolute Gasteiger partial charge is 0.496 e. The molecule has 0 aliphatic carbocycles. The number of halogens is 1. The zero-order valence-electron chi connectivity index (χ0n) is 9.92. The molecule has 0 saturated carbocycles. The Morgan fingerprint density at radius 2 is 2.19 bits per heavy atom. The van der Waals surface area contributed by atoms with E-state index in [0.29, 0.717) is 17.9 Å². The molecule has 0 aromatic heterocycles. The molecule has 0 fully saturated rings. The first-order chi connectivity index (χ1) is 7.58. The highest BCUT2D eigenvalue weighted by molar-refractivity contribution is 6.30. The maximum atomic E-state index is 11.5. The first kappa shape index (κ1) is 13.0. The molecular weight excluding hydrogens is 224 g/mol. The fraction of sp³-hybridized carbons (Fsp3) is 0.462. The first-order valence-electron chi connectivity index (χ1n) is 5.43. The van der Waals surface area contributed by atoms with E-state index >= 15 is 0 Å². The van der Waals surface area contributed by atoms with E-state index in [4.69, 9.17) is 16.3 Å². The van der Waals surface area contributed by atoms with Crippen LogP contribution in [0.25, 0.3) is 0 Å². The van der Waals surface area contributed by atoms with Crippen molar-refractivity contribution in [2.24, 2.45) is 5.92 Å². The van der Waals surface area contributed by atoms with Crippen LogP contribution in [0, 0.1) is 5.92 Å². The molecule has 1 aromatic rings. The van der Waals surface area contributed by atoms with Crippen molar-refractivity contribution >= 4 is 17.4 Å². The molecule has 0 radical (unpaired) electrons. The third-order valence-corrected chi connectivity index (χ3v) is 2.91.